The summed E-state index contributed by atoms with van der Waals surface area (Å²) in [6, 6.07) is 11.9. The van der Waals surface area contributed by atoms with E-state index in [9.17, 15) is 9.59 Å². The normalized spacial score (nSPS) is 17.8. The molecule has 2 aromatic rings. The van der Waals surface area contributed by atoms with E-state index in [4.69, 9.17) is 23.2 Å². The number of benzene rings is 2. The number of nitrogens with zero attached hydrogens (tertiary/aromatic N) is 2. The Bertz CT molecular complexity index is 838. The topological polar surface area (TPSA) is 40.6 Å². The zero-order chi connectivity index (χ0) is 18.1. The van der Waals surface area contributed by atoms with Crippen LogP contribution in [-0.4, -0.2) is 35.8 Å². The van der Waals surface area contributed by atoms with Gasteiger partial charge in [-0.05, 0) is 43.7 Å². The lowest BCUT2D eigenvalue weighted by Crippen LogP contribution is -2.58. The Morgan fingerprint density at radius 1 is 1.12 bits per heavy atom. The van der Waals surface area contributed by atoms with Gasteiger partial charge in [0.15, 0.2) is 0 Å². The van der Waals surface area contributed by atoms with E-state index in [0.717, 1.165) is 11.3 Å². The smallest absolute Gasteiger partial charge is 0.256 e. The second kappa shape index (κ2) is 7.06. The van der Waals surface area contributed by atoms with Crippen molar-refractivity contribution in [3.05, 3.63) is 63.6 Å². The van der Waals surface area contributed by atoms with Gasteiger partial charge in [-0.25, -0.2) is 0 Å². The number of halogens is 2. The van der Waals surface area contributed by atoms with Crippen molar-refractivity contribution in [2.24, 2.45) is 0 Å². The molecule has 3 rings (SSSR count). The Kier molecular flexibility index (Phi) is 5.02. The molecule has 0 radical (unpaired) electrons. The molecule has 25 heavy (non-hydrogen) atoms. The molecular weight excluding hydrogens is 359 g/mol. The van der Waals surface area contributed by atoms with Crippen molar-refractivity contribution >= 4 is 40.7 Å². The van der Waals surface area contributed by atoms with Crippen molar-refractivity contribution < 1.29 is 9.59 Å². The van der Waals surface area contributed by atoms with Gasteiger partial charge in [0.25, 0.3) is 5.91 Å². The molecule has 0 aromatic heterocycles. The summed E-state index contributed by atoms with van der Waals surface area (Å²) in [5.41, 5.74) is 2.27. The Labute approximate surface area is 156 Å². The van der Waals surface area contributed by atoms with E-state index in [-0.39, 0.29) is 11.8 Å². The summed E-state index contributed by atoms with van der Waals surface area (Å²) in [5, 5.41) is 0.758. The monoisotopic (exact) mass is 376 g/mol. The van der Waals surface area contributed by atoms with E-state index in [1.54, 1.807) is 28.9 Å². The van der Waals surface area contributed by atoms with Crippen LogP contribution >= 0.6 is 23.2 Å². The minimum atomic E-state index is -0.562. The third kappa shape index (κ3) is 3.37. The summed E-state index contributed by atoms with van der Waals surface area (Å²) < 4.78 is 0. The first-order valence-electron chi connectivity index (χ1n) is 8.03. The van der Waals surface area contributed by atoms with Crippen LogP contribution in [0.4, 0.5) is 5.69 Å². The molecule has 0 spiro atoms. The molecule has 4 nitrogen and oxygen atoms in total. The molecule has 1 aliphatic rings. The fourth-order valence-electron chi connectivity index (χ4n) is 3.07. The zero-order valence-electron chi connectivity index (χ0n) is 14.0. The molecule has 0 unspecified atom stereocenters. The van der Waals surface area contributed by atoms with E-state index in [1.165, 1.54) is 6.07 Å². The summed E-state index contributed by atoms with van der Waals surface area (Å²) in [6.45, 7) is 4.61. The number of hydrogen-bond donors (Lipinski definition) is 0. The number of amides is 2. The van der Waals surface area contributed by atoms with Crippen LogP contribution in [0.1, 0.15) is 22.8 Å². The standard InChI is InChI=1S/C19H18Cl2N2O2/c1-12-5-3-4-6-17(12)23-10-9-22(13(2)18(23)24)19(25)15-8-7-14(20)11-16(15)21/h3-8,11,13H,9-10H2,1-2H3/t13-/m0/s1. The van der Waals surface area contributed by atoms with E-state index in [2.05, 4.69) is 0 Å². The van der Waals surface area contributed by atoms with Crippen molar-refractivity contribution in [2.45, 2.75) is 19.9 Å². The largest absolute Gasteiger partial charge is 0.325 e. The average Bonchev–Trinajstić information content (AvgIpc) is 2.57. The Morgan fingerprint density at radius 2 is 1.84 bits per heavy atom. The van der Waals surface area contributed by atoms with E-state index >= 15 is 0 Å². The lowest BCUT2D eigenvalue weighted by atomic mass is 10.1. The number of carbonyl (C=O) groups is 2. The minimum absolute atomic E-state index is 0.0982. The highest BCUT2D eigenvalue weighted by Crippen LogP contribution is 2.27. The van der Waals surface area contributed by atoms with Crippen LogP contribution < -0.4 is 4.90 Å². The summed E-state index contributed by atoms with van der Waals surface area (Å²) in [5.74, 6) is -0.356. The summed E-state index contributed by atoms with van der Waals surface area (Å²) in [6.07, 6.45) is 0. The third-order valence-electron chi connectivity index (χ3n) is 4.48. The predicted octanol–water partition coefficient (Wildman–Crippen LogP) is 4.18. The van der Waals surface area contributed by atoms with Crippen LogP contribution in [0.15, 0.2) is 42.5 Å². The molecule has 1 saturated heterocycles. The summed E-state index contributed by atoms with van der Waals surface area (Å²) in [7, 11) is 0. The first-order valence-corrected chi connectivity index (χ1v) is 8.79. The quantitative estimate of drug-likeness (QED) is 0.788. The van der Waals surface area contributed by atoms with Gasteiger partial charge in [-0.2, -0.15) is 0 Å². The highest BCUT2D eigenvalue weighted by Gasteiger charge is 2.36. The van der Waals surface area contributed by atoms with Gasteiger partial charge < -0.3 is 9.80 Å². The molecule has 0 aliphatic carbocycles. The number of carbonyl (C=O) groups excluding carboxylic acids is 2. The minimum Gasteiger partial charge on any atom is -0.325 e. The molecule has 2 aromatic carbocycles. The van der Waals surface area contributed by atoms with Gasteiger partial charge in [0.1, 0.15) is 6.04 Å². The fourth-order valence-corrected chi connectivity index (χ4v) is 3.56. The summed E-state index contributed by atoms with van der Waals surface area (Å²) in [4.78, 5) is 29.0. The van der Waals surface area contributed by atoms with Crippen LogP contribution in [0, 0.1) is 6.92 Å². The van der Waals surface area contributed by atoms with Gasteiger partial charge >= 0.3 is 0 Å². The third-order valence-corrected chi connectivity index (χ3v) is 5.03. The average molecular weight is 377 g/mol. The highest BCUT2D eigenvalue weighted by atomic mass is 35.5. The number of hydrogen-bond acceptors (Lipinski definition) is 2. The lowest BCUT2D eigenvalue weighted by molar-refractivity contribution is -0.124. The van der Waals surface area contributed by atoms with E-state index in [0.29, 0.717) is 28.7 Å². The first kappa shape index (κ1) is 17.8. The zero-order valence-corrected chi connectivity index (χ0v) is 15.5. The second-order valence-corrected chi connectivity index (χ2v) is 6.92. The van der Waals surface area contributed by atoms with Crippen molar-refractivity contribution in [3.8, 4) is 0 Å². The number of para-hydroxylation sites is 1. The number of piperazine rings is 1. The van der Waals surface area contributed by atoms with Crippen LogP contribution in [0.3, 0.4) is 0 Å². The highest BCUT2D eigenvalue weighted by molar-refractivity contribution is 6.36. The predicted molar refractivity (Wildman–Crippen MR) is 100 cm³/mol. The molecule has 6 heteroatoms. The van der Waals surface area contributed by atoms with Gasteiger partial charge in [-0.15, -0.1) is 0 Å². The SMILES string of the molecule is Cc1ccccc1N1CCN(C(=O)c2ccc(Cl)cc2Cl)[C@@H](C)C1=O. The second-order valence-electron chi connectivity index (χ2n) is 6.08. The molecular formula is C19H18Cl2N2O2. The molecule has 0 saturated carbocycles. The maximum atomic E-state index is 12.8. The Morgan fingerprint density at radius 3 is 2.52 bits per heavy atom. The summed E-state index contributed by atoms with van der Waals surface area (Å²) >= 11 is 12.0. The lowest BCUT2D eigenvalue weighted by Gasteiger charge is -2.39. The molecule has 2 amide bonds. The Balaban J connectivity index is 1.84. The van der Waals surface area contributed by atoms with Crippen molar-refractivity contribution in [1.82, 2.24) is 4.90 Å². The molecule has 130 valence electrons. The van der Waals surface area contributed by atoms with Crippen LogP contribution in [0.5, 0.6) is 0 Å². The molecule has 0 N–H and O–H groups in total. The van der Waals surface area contributed by atoms with Crippen LogP contribution in [0.2, 0.25) is 10.0 Å². The number of anilines is 1. The molecule has 1 fully saturated rings. The van der Waals surface area contributed by atoms with Gasteiger partial charge in [0.05, 0.1) is 10.6 Å². The van der Waals surface area contributed by atoms with Gasteiger partial charge in [0, 0.05) is 23.8 Å². The maximum absolute atomic E-state index is 12.8. The molecule has 1 aliphatic heterocycles. The van der Waals surface area contributed by atoms with Crippen molar-refractivity contribution in [2.75, 3.05) is 18.0 Å². The number of rotatable bonds is 2. The van der Waals surface area contributed by atoms with E-state index in [1.807, 2.05) is 31.2 Å². The van der Waals surface area contributed by atoms with Crippen LogP contribution in [-0.2, 0) is 4.79 Å². The molecule has 0 bridgehead atoms. The number of aryl methyl sites for hydroxylation is 1. The van der Waals surface area contributed by atoms with Crippen molar-refractivity contribution in [3.63, 3.8) is 0 Å². The molecule has 1 heterocycles. The van der Waals surface area contributed by atoms with Gasteiger partial charge in [0.2, 0.25) is 5.91 Å². The maximum Gasteiger partial charge on any atom is 0.256 e. The van der Waals surface area contributed by atoms with E-state index < -0.39 is 6.04 Å². The Hall–Kier alpha value is -2.04. The molecule has 1 atom stereocenters. The van der Waals surface area contributed by atoms with Gasteiger partial charge in [-0.1, -0.05) is 41.4 Å². The van der Waals surface area contributed by atoms with Crippen molar-refractivity contribution in [1.29, 1.82) is 0 Å². The van der Waals surface area contributed by atoms with Gasteiger partial charge in [-0.3, -0.25) is 9.59 Å². The first-order chi connectivity index (χ1) is 11.9. The fraction of sp³-hybridized carbons (Fsp3) is 0.263. The van der Waals surface area contributed by atoms with Crippen LogP contribution in [0.25, 0.3) is 0 Å².